The molecule has 2 heterocycles. The van der Waals surface area contributed by atoms with E-state index in [0.29, 0.717) is 10.8 Å². The number of rotatable bonds is 4. The molecule has 2 aromatic heterocycles. The van der Waals surface area contributed by atoms with Gasteiger partial charge in [-0.2, -0.15) is 5.26 Å². The summed E-state index contributed by atoms with van der Waals surface area (Å²) in [6, 6.07) is 10.3. The van der Waals surface area contributed by atoms with E-state index in [1.54, 1.807) is 18.4 Å². The Bertz CT molecular complexity index is 1150. The van der Waals surface area contributed by atoms with Crippen LogP contribution in [0.25, 0.3) is 5.69 Å². The number of methoxy groups -OCH3 is 1. The number of hydrogen-bond donors (Lipinski definition) is 0. The molecule has 148 valence electrons. The van der Waals surface area contributed by atoms with E-state index in [9.17, 15) is 5.26 Å². The molecule has 0 saturated carbocycles. The maximum absolute atomic E-state index is 9.64. The molecular formula is C23H22ClN3OS. The molecule has 6 heteroatoms. The highest BCUT2D eigenvalue weighted by molar-refractivity contribution is 7.16. The van der Waals surface area contributed by atoms with E-state index in [1.165, 1.54) is 16.9 Å². The number of nitriles is 1. The zero-order chi connectivity index (χ0) is 20.5. The molecule has 1 aromatic carbocycles. The van der Waals surface area contributed by atoms with Gasteiger partial charge in [0, 0.05) is 33.7 Å². The van der Waals surface area contributed by atoms with Crippen molar-refractivity contribution in [2.75, 3.05) is 7.11 Å². The highest BCUT2D eigenvalue weighted by Crippen LogP contribution is 2.39. The first-order valence-electron chi connectivity index (χ1n) is 9.65. The number of aryl methyl sites for hydroxylation is 2. The van der Waals surface area contributed by atoms with Gasteiger partial charge >= 0.3 is 0 Å². The zero-order valence-electron chi connectivity index (χ0n) is 16.8. The maximum atomic E-state index is 9.64. The van der Waals surface area contributed by atoms with Gasteiger partial charge in [-0.1, -0.05) is 11.6 Å². The van der Waals surface area contributed by atoms with Crippen LogP contribution in [-0.4, -0.2) is 17.9 Å². The zero-order valence-corrected chi connectivity index (χ0v) is 18.3. The van der Waals surface area contributed by atoms with Crippen molar-refractivity contribution in [2.24, 2.45) is 4.99 Å². The third-order valence-electron chi connectivity index (χ3n) is 5.45. The fourth-order valence-corrected chi connectivity index (χ4v) is 5.43. The number of nitrogens with zero attached hydrogens (tertiary/aromatic N) is 3. The number of benzene rings is 1. The molecule has 1 aliphatic rings. The first-order chi connectivity index (χ1) is 14.0. The van der Waals surface area contributed by atoms with Crippen molar-refractivity contribution in [2.45, 2.75) is 39.5 Å². The molecule has 29 heavy (non-hydrogen) atoms. The van der Waals surface area contributed by atoms with Crippen LogP contribution >= 0.6 is 22.9 Å². The highest BCUT2D eigenvalue weighted by atomic mass is 35.5. The van der Waals surface area contributed by atoms with Crippen molar-refractivity contribution in [1.82, 2.24) is 4.57 Å². The van der Waals surface area contributed by atoms with Crippen LogP contribution in [-0.2, 0) is 12.8 Å². The number of ether oxygens (including phenoxy) is 1. The molecule has 0 atom stereocenters. The molecule has 1 aliphatic carbocycles. The van der Waals surface area contributed by atoms with Gasteiger partial charge in [-0.05, 0) is 69.4 Å². The molecule has 0 spiro atoms. The van der Waals surface area contributed by atoms with Crippen molar-refractivity contribution in [3.63, 3.8) is 0 Å². The molecule has 0 saturated heterocycles. The minimum absolute atomic E-state index is 0.579. The minimum Gasteiger partial charge on any atom is -0.495 e. The second kappa shape index (κ2) is 8.06. The van der Waals surface area contributed by atoms with Gasteiger partial charge < -0.3 is 9.30 Å². The van der Waals surface area contributed by atoms with Crippen molar-refractivity contribution in [3.8, 4) is 17.5 Å². The van der Waals surface area contributed by atoms with Gasteiger partial charge in [0.1, 0.15) is 16.8 Å². The fourth-order valence-electron chi connectivity index (χ4n) is 4.00. The van der Waals surface area contributed by atoms with Gasteiger partial charge in [0.05, 0.1) is 17.7 Å². The van der Waals surface area contributed by atoms with Crippen LogP contribution in [0, 0.1) is 25.2 Å². The second-order valence-electron chi connectivity index (χ2n) is 7.24. The molecule has 0 amide bonds. The summed E-state index contributed by atoms with van der Waals surface area (Å²) in [6.45, 7) is 4.13. The lowest BCUT2D eigenvalue weighted by molar-refractivity contribution is 0.415. The van der Waals surface area contributed by atoms with Crippen molar-refractivity contribution < 1.29 is 4.74 Å². The predicted molar refractivity (Wildman–Crippen MR) is 120 cm³/mol. The average Bonchev–Trinajstić information content (AvgIpc) is 3.22. The summed E-state index contributed by atoms with van der Waals surface area (Å²) >= 11 is 7.99. The van der Waals surface area contributed by atoms with Crippen LogP contribution in [0.15, 0.2) is 29.3 Å². The minimum atomic E-state index is 0.579. The van der Waals surface area contributed by atoms with E-state index in [-0.39, 0.29) is 0 Å². The monoisotopic (exact) mass is 423 g/mol. The fraction of sp³-hybridized carbons (Fsp3) is 0.304. The molecule has 0 unspecified atom stereocenters. The Morgan fingerprint density at radius 2 is 2.03 bits per heavy atom. The number of halogens is 1. The molecule has 0 aliphatic heterocycles. The predicted octanol–water partition coefficient (Wildman–Crippen LogP) is 6.32. The lowest BCUT2D eigenvalue weighted by atomic mass is 9.96. The van der Waals surface area contributed by atoms with Crippen molar-refractivity contribution >= 4 is 34.2 Å². The first kappa shape index (κ1) is 19.8. The van der Waals surface area contributed by atoms with E-state index in [1.807, 2.05) is 24.4 Å². The Kier molecular flexibility index (Phi) is 5.49. The van der Waals surface area contributed by atoms with E-state index in [4.69, 9.17) is 21.3 Å². The topological polar surface area (TPSA) is 50.3 Å². The number of thiophene rings is 1. The normalized spacial score (nSPS) is 13.5. The van der Waals surface area contributed by atoms with Gasteiger partial charge in [-0.25, -0.2) is 4.99 Å². The van der Waals surface area contributed by atoms with Crippen LogP contribution in [0.1, 0.15) is 45.8 Å². The molecule has 0 fully saturated rings. The largest absolute Gasteiger partial charge is 0.495 e. The molecular weight excluding hydrogens is 402 g/mol. The van der Waals surface area contributed by atoms with Crippen molar-refractivity contribution in [3.05, 3.63) is 62.2 Å². The van der Waals surface area contributed by atoms with E-state index >= 15 is 0 Å². The first-order valence-corrected chi connectivity index (χ1v) is 10.8. The van der Waals surface area contributed by atoms with Crippen LogP contribution in [0.3, 0.4) is 0 Å². The third-order valence-corrected chi connectivity index (χ3v) is 6.94. The second-order valence-corrected chi connectivity index (χ2v) is 8.73. The Morgan fingerprint density at radius 3 is 2.76 bits per heavy atom. The van der Waals surface area contributed by atoms with E-state index in [0.717, 1.165) is 52.5 Å². The molecule has 3 aromatic rings. The summed E-state index contributed by atoms with van der Waals surface area (Å²) in [6.07, 6.45) is 6.30. The van der Waals surface area contributed by atoms with E-state index < -0.39 is 0 Å². The summed E-state index contributed by atoms with van der Waals surface area (Å²) in [5.41, 5.74) is 6.16. The van der Waals surface area contributed by atoms with Crippen molar-refractivity contribution in [1.29, 1.82) is 5.26 Å². The molecule has 4 rings (SSSR count). The lowest BCUT2D eigenvalue weighted by Gasteiger charge is -2.11. The van der Waals surface area contributed by atoms with E-state index in [2.05, 4.69) is 30.6 Å². The van der Waals surface area contributed by atoms with Crippen LogP contribution in [0.4, 0.5) is 5.00 Å². The van der Waals surface area contributed by atoms with Crippen LogP contribution in [0.2, 0.25) is 5.02 Å². The summed E-state index contributed by atoms with van der Waals surface area (Å²) in [5, 5.41) is 11.0. The van der Waals surface area contributed by atoms with Gasteiger partial charge in [-0.15, -0.1) is 11.3 Å². The van der Waals surface area contributed by atoms with Crippen LogP contribution in [0.5, 0.6) is 5.75 Å². The smallest absolute Gasteiger partial charge is 0.137 e. The Balaban J connectivity index is 1.70. The molecule has 0 radical (unpaired) electrons. The third kappa shape index (κ3) is 3.59. The molecule has 0 N–H and O–H groups in total. The number of hydrogen-bond acceptors (Lipinski definition) is 4. The summed E-state index contributed by atoms with van der Waals surface area (Å²) < 4.78 is 7.41. The Morgan fingerprint density at radius 1 is 1.24 bits per heavy atom. The Hall–Kier alpha value is -2.55. The Labute approximate surface area is 180 Å². The summed E-state index contributed by atoms with van der Waals surface area (Å²) in [5.74, 6) is 0.658. The number of fused-ring (bicyclic) bond motifs is 1. The van der Waals surface area contributed by atoms with Gasteiger partial charge in [-0.3, -0.25) is 0 Å². The highest BCUT2D eigenvalue weighted by Gasteiger charge is 2.20. The number of aliphatic imine (C=N–C) groups is 1. The van der Waals surface area contributed by atoms with Gasteiger partial charge in [0.25, 0.3) is 0 Å². The summed E-state index contributed by atoms with van der Waals surface area (Å²) in [7, 11) is 1.61. The van der Waals surface area contributed by atoms with Gasteiger partial charge in [0.2, 0.25) is 0 Å². The molecule has 4 nitrogen and oxygen atoms in total. The average molecular weight is 424 g/mol. The SMILES string of the molecule is COc1ccc(-n2c(C)cc(C=Nc3sc4c(c3C#N)CCCC4)c2C)cc1Cl. The lowest BCUT2D eigenvalue weighted by Crippen LogP contribution is -2.00. The number of aromatic nitrogens is 1. The summed E-state index contributed by atoms with van der Waals surface area (Å²) in [4.78, 5) is 6.05. The van der Waals surface area contributed by atoms with Crippen LogP contribution < -0.4 is 4.74 Å². The molecule has 0 bridgehead atoms. The quantitative estimate of drug-likeness (QED) is 0.461. The van der Waals surface area contributed by atoms with Gasteiger partial charge in [0.15, 0.2) is 0 Å². The standard InChI is InChI=1S/C23H22ClN3OS/c1-14-10-16(15(2)27(14)17-8-9-21(28-3)20(24)11-17)13-26-23-19(12-25)18-6-4-5-7-22(18)29-23/h8-11,13H,4-7H2,1-3H3. The maximum Gasteiger partial charge on any atom is 0.137 e.